The molecule has 23 heavy (non-hydrogen) atoms. The second-order valence-electron chi connectivity index (χ2n) is 5.84. The largest absolute Gasteiger partial charge is 0.379 e. The normalized spacial score (nSPS) is 14.1. The minimum Gasteiger partial charge on any atom is -0.379 e. The van der Waals surface area contributed by atoms with Crippen LogP contribution < -0.4 is 4.57 Å². The minimum absolute atomic E-state index is 0.165. The number of methoxy groups -OCH3 is 2. The second kappa shape index (κ2) is 12.5. The van der Waals surface area contributed by atoms with Crippen molar-refractivity contribution in [2.75, 3.05) is 40.6 Å². The van der Waals surface area contributed by atoms with Gasteiger partial charge in [-0.15, -0.1) is 0 Å². The van der Waals surface area contributed by atoms with E-state index < -0.39 is 0 Å². The first-order valence-corrected chi connectivity index (χ1v) is 8.41. The molecule has 0 fully saturated rings. The van der Waals surface area contributed by atoms with Crippen molar-refractivity contribution in [2.24, 2.45) is 0 Å². The van der Waals surface area contributed by atoms with Gasteiger partial charge in [0.1, 0.15) is 12.4 Å². The lowest BCUT2D eigenvalue weighted by atomic mass is 10.4. The van der Waals surface area contributed by atoms with E-state index >= 15 is 0 Å². The first-order valence-electron chi connectivity index (χ1n) is 8.41. The predicted molar refractivity (Wildman–Crippen MR) is 88.4 cm³/mol. The monoisotopic (exact) mass is 329 g/mol. The summed E-state index contributed by atoms with van der Waals surface area (Å²) >= 11 is 0. The Morgan fingerprint density at radius 3 is 2.17 bits per heavy atom. The summed E-state index contributed by atoms with van der Waals surface area (Å²) in [7, 11) is 3.41. The van der Waals surface area contributed by atoms with Crippen LogP contribution in [0.2, 0.25) is 0 Å². The van der Waals surface area contributed by atoms with Gasteiger partial charge in [0, 0.05) is 27.1 Å². The first-order chi connectivity index (χ1) is 11.2. The van der Waals surface area contributed by atoms with E-state index in [4.69, 9.17) is 18.9 Å². The highest BCUT2D eigenvalue weighted by atomic mass is 16.5. The molecule has 0 aliphatic rings. The fourth-order valence-electron chi connectivity index (χ4n) is 2.04. The molecule has 6 heteroatoms. The molecule has 0 aliphatic carbocycles. The van der Waals surface area contributed by atoms with Gasteiger partial charge in [0.2, 0.25) is 6.33 Å². The molecule has 0 saturated heterocycles. The maximum atomic E-state index is 5.56. The summed E-state index contributed by atoms with van der Waals surface area (Å²) in [5.74, 6) is 0. The summed E-state index contributed by atoms with van der Waals surface area (Å²) in [4.78, 5) is 0. The molecular weight excluding hydrogens is 296 g/mol. The lowest BCUT2D eigenvalue weighted by Crippen LogP contribution is -2.31. The van der Waals surface area contributed by atoms with Crippen molar-refractivity contribution in [1.82, 2.24) is 4.57 Å². The van der Waals surface area contributed by atoms with Crippen LogP contribution in [-0.2, 0) is 32.0 Å². The number of nitrogens with zero attached hydrogens (tertiary/aromatic N) is 2. The standard InChI is InChI=1S/C17H33N2O4/c1-16(20-3)13-22-11-5-7-18-9-10-19(15-18)8-6-12-23-14-17(2)21-4/h9-10,15-17H,5-8,11-14H2,1-4H3/q+1. The van der Waals surface area contributed by atoms with E-state index in [-0.39, 0.29) is 12.2 Å². The predicted octanol–water partition coefficient (Wildman–Crippen LogP) is 1.66. The fraction of sp³-hybridized carbons (Fsp3) is 0.824. The number of rotatable bonds is 14. The Morgan fingerprint density at radius 1 is 0.957 bits per heavy atom. The van der Waals surface area contributed by atoms with Crippen LogP contribution in [0.15, 0.2) is 18.7 Å². The quantitative estimate of drug-likeness (QED) is 0.385. The number of aryl methyl sites for hydroxylation is 2. The highest BCUT2D eigenvalue weighted by molar-refractivity contribution is 4.66. The topological polar surface area (TPSA) is 45.7 Å². The van der Waals surface area contributed by atoms with Gasteiger partial charge in [-0.2, -0.15) is 0 Å². The lowest BCUT2D eigenvalue weighted by molar-refractivity contribution is -0.697. The smallest absolute Gasteiger partial charge is 0.243 e. The zero-order valence-corrected chi connectivity index (χ0v) is 15.1. The lowest BCUT2D eigenvalue weighted by Gasteiger charge is -2.09. The van der Waals surface area contributed by atoms with Crippen molar-refractivity contribution < 1.29 is 23.5 Å². The molecule has 0 spiro atoms. The van der Waals surface area contributed by atoms with Crippen molar-refractivity contribution in [3.8, 4) is 0 Å². The summed E-state index contributed by atoms with van der Waals surface area (Å²) in [5.41, 5.74) is 0. The van der Waals surface area contributed by atoms with E-state index in [1.807, 2.05) is 13.8 Å². The van der Waals surface area contributed by atoms with E-state index in [0.717, 1.165) is 39.1 Å². The molecule has 1 rings (SSSR count). The highest BCUT2D eigenvalue weighted by Gasteiger charge is 2.05. The zero-order valence-electron chi connectivity index (χ0n) is 15.1. The van der Waals surface area contributed by atoms with Gasteiger partial charge in [0.05, 0.1) is 51.7 Å². The third-order valence-corrected chi connectivity index (χ3v) is 3.67. The Balaban J connectivity index is 2.05. The zero-order chi connectivity index (χ0) is 16.9. The SMILES string of the molecule is COC(C)COCCCn1cc[n+](CCCOCC(C)OC)c1. The number of hydrogen-bond acceptors (Lipinski definition) is 4. The van der Waals surface area contributed by atoms with Crippen molar-refractivity contribution in [3.63, 3.8) is 0 Å². The molecular formula is C17H33N2O4+. The molecule has 134 valence electrons. The molecule has 0 aliphatic heterocycles. The van der Waals surface area contributed by atoms with Crippen molar-refractivity contribution in [1.29, 1.82) is 0 Å². The van der Waals surface area contributed by atoms with Gasteiger partial charge in [0.25, 0.3) is 0 Å². The maximum Gasteiger partial charge on any atom is 0.243 e. The van der Waals surface area contributed by atoms with Crippen LogP contribution in [0.1, 0.15) is 26.7 Å². The average Bonchev–Trinajstić information content (AvgIpc) is 3.01. The Labute approximate surface area is 140 Å². The Morgan fingerprint density at radius 2 is 1.57 bits per heavy atom. The van der Waals surface area contributed by atoms with Gasteiger partial charge in [0.15, 0.2) is 0 Å². The van der Waals surface area contributed by atoms with Crippen molar-refractivity contribution in [3.05, 3.63) is 18.7 Å². The fourth-order valence-corrected chi connectivity index (χ4v) is 2.04. The van der Waals surface area contributed by atoms with E-state index in [1.54, 1.807) is 14.2 Å². The molecule has 6 nitrogen and oxygen atoms in total. The molecule has 1 heterocycles. The molecule has 0 amide bonds. The molecule has 0 N–H and O–H groups in total. The average molecular weight is 329 g/mol. The summed E-state index contributed by atoms with van der Waals surface area (Å²) in [5, 5.41) is 0. The maximum absolute atomic E-state index is 5.56. The Kier molecular flexibility index (Phi) is 10.9. The van der Waals surface area contributed by atoms with E-state index in [2.05, 4.69) is 27.9 Å². The summed E-state index contributed by atoms with van der Waals surface area (Å²) in [6.45, 7) is 8.79. The summed E-state index contributed by atoms with van der Waals surface area (Å²) in [6, 6.07) is 0. The minimum atomic E-state index is 0.165. The van der Waals surface area contributed by atoms with Crippen LogP contribution in [0.25, 0.3) is 0 Å². The van der Waals surface area contributed by atoms with Crippen LogP contribution in [0.5, 0.6) is 0 Å². The van der Waals surface area contributed by atoms with Crippen LogP contribution in [0.3, 0.4) is 0 Å². The van der Waals surface area contributed by atoms with Crippen LogP contribution >= 0.6 is 0 Å². The van der Waals surface area contributed by atoms with Crippen molar-refractivity contribution >= 4 is 0 Å². The van der Waals surface area contributed by atoms with Crippen LogP contribution in [0, 0.1) is 0 Å². The Bertz CT molecular complexity index is 363. The number of hydrogen-bond donors (Lipinski definition) is 0. The van der Waals surface area contributed by atoms with E-state index in [0.29, 0.717) is 13.2 Å². The number of imidazole rings is 1. The van der Waals surface area contributed by atoms with E-state index in [9.17, 15) is 0 Å². The third-order valence-electron chi connectivity index (χ3n) is 3.67. The third kappa shape index (κ3) is 9.71. The van der Waals surface area contributed by atoms with Gasteiger partial charge >= 0.3 is 0 Å². The molecule has 0 bridgehead atoms. The second-order valence-corrected chi connectivity index (χ2v) is 5.84. The molecule has 1 aromatic heterocycles. The molecule has 2 unspecified atom stereocenters. The summed E-state index contributed by atoms with van der Waals surface area (Å²) < 4.78 is 25.8. The summed E-state index contributed by atoms with van der Waals surface area (Å²) in [6.07, 6.45) is 8.68. The molecule has 0 aromatic carbocycles. The molecule has 0 radical (unpaired) electrons. The molecule has 0 saturated carbocycles. The van der Waals surface area contributed by atoms with Gasteiger partial charge < -0.3 is 18.9 Å². The number of aromatic nitrogens is 2. The van der Waals surface area contributed by atoms with E-state index in [1.165, 1.54) is 0 Å². The molecule has 1 aromatic rings. The van der Waals surface area contributed by atoms with Gasteiger partial charge in [-0.1, -0.05) is 0 Å². The number of ether oxygens (including phenoxy) is 4. The van der Waals surface area contributed by atoms with Crippen LogP contribution in [-0.4, -0.2) is 57.4 Å². The van der Waals surface area contributed by atoms with Gasteiger partial charge in [-0.25, -0.2) is 9.13 Å². The van der Waals surface area contributed by atoms with Gasteiger partial charge in [-0.3, -0.25) is 0 Å². The van der Waals surface area contributed by atoms with Crippen molar-refractivity contribution in [2.45, 2.75) is 52.0 Å². The first kappa shape index (κ1) is 20.1. The Hall–Kier alpha value is -0.950. The highest BCUT2D eigenvalue weighted by Crippen LogP contribution is 1.95. The molecule has 2 atom stereocenters. The van der Waals surface area contributed by atoms with Crippen LogP contribution in [0.4, 0.5) is 0 Å². The van der Waals surface area contributed by atoms with Gasteiger partial charge in [-0.05, 0) is 13.8 Å².